The van der Waals surface area contributed by atoms with Crippen LogP contribution in [-0.4, -0.2) is 22.5 Å². The topological polar surface area (TPSA) is 90.3 Å². The van der Waals surface area contributed by atoms with E-state index in [1.807, 2.05) is 30.3 Å². The van der Waals surface area contributed by atoms with Gasteiger partial charge in [-0.2, -0.15) is 5.26 Å². The van der Waals surface area contributed by atoms with E-state index in [0.29, 0.717) is 17.8 Å². The van der Waals surface area contributed by atoms with E-state index in [2.05, 4.69) is 6.07 Å². The standard InChI is InChI=1S/C18H17N3O2/c19-10-14-12-21(11-13-6-2-1-3-7-13)17(22)18(14,23)15-8-4-5-9-16(15)20/h1-9,14,23H,11-12,20H2/t14-,18-/m0/s1. The molecule has 5 heteroatoms. The molecule has 0 unspecified atom stereocenters. The van der Waals surface area contributed by atoms with Gasteiger partial charge in [-0.15, -0.1) is 0 Å². The minimum atomic E-state index is -1.89. The molecule has 0 radical (unpaired) electrons. The first-order chi connectivity index (χ1) is 11.1. The van der Waals surface area contributed by atoms with Crippen LogP contribution in [0.4, 0.5) is 5.69 Å². The summed E-state index contributed by atoms with van der Waals surface area (Å²) in [5.74, 6) is -1.34. The van der Waals surface area contributed by atoms with Crippen molar-refractivity contribution in [3.8, 4) is 6.07 Å². The second kappa shape index (κ2) is 5.75. The van der Waals surface area contributed by atoms with Gasteiger partial charge in [0.2, 0.25) is 0 Å². The largest absolute Gasteiger partial charge is 0.398 e. The maximum absolute atomic E-state index is 12.8. The minimum Gasteiger partial charge on any atom is -0.398 e. The molecule has 116 valence electrons. The third-order valence-electron chi connectivity index (χ3n) is 4.26. The highest BCUT2D eigenvalue weighted by atomic mass is 16.3. The number of hydrogen-bond acceptors (Lipinski definition) is 4. The van der Waals surface area contributed by atoms with Crippen LogP contribution in [0.25, 0.3) is 0 Å². The molecule has 3 rings (SSSR count). The van der Waals surface area contributed by atoms with Gasteiger partial charge < -0.3 is 15.7 Å². The first-order valence-corrected chi connectivity index (χ1v) is 7.37. The molecule has 1 amide bonds. The Balaban J connectivity index is 1.97. The van der Waals surface area contributed by atoms with Gasteiger partial charge in [-0.3, -0.25) is 4.79 Å². The average molecular weight is 307 g/mol. The van der Waals surface area contributed by atoms with Crippen LogP contribution in [0.3, 0.4) is 0 Å². The Kier molecular flexibility index (Phi) is 3.77. The zero-order valence-corrected chi connectivity index (χ0v) is 12.5. The molecule has 1 aliphatic heterocycles. The molecular formula is C18H17N3O2. The van der Waals surface area contributed by atoms with Gasteiger partial charge in [-0.1, -0.05) is 48.5 Å². The first-order valence-electron chi connectivity index (χ1n) is 7.37. The average Bonchev–Trinajstić information content (AvgIpc) is 2.81. The molecule has 1 fully saturated rings. The Morgan fingerprint density at radius 1 is 1.22 bits per heavy atom. The zero-order valence-electron chi connectivity index (χ0n) is 12.5. The molecular weight excluding hydrogens is 290 g/mol. The summed E-state index contributed by atoms with van der Waals surface area (Å²) in [6.07, 6.45) is 0. The maximum atomic E-state index is 12.8. The molecule has 0 aliphatic carbocycles. The molecule has 1 aliphatic rings. The highest BCUT2D eigenvalue weighted by Gasteiger charge is 2.55. The van der Waals surface area contributed by atoms with Gasteiger partial charge in [0.05, 0.1) is 6.07 Å². The number of para-hydroxylation sites is 1. The van der Waals surface area contributed by atoms with Gasteiger partial charge in [-0.05, 0) is 11.6 Å². The van der Waals surface area contributed by atoms with E-state index in [1.54, 1.807) is 24.3 Å². The monoisotopic (exact) mass is 307 g/mol. The summed E-state index contributed by atoms with van der Waals surface area (Å²) < 4.78 is 0. The second-order valence-electron chi connectivity index (χ2n) is 5.71. The fourth-order valence-electron chi connectivity index (χ4n) is 3.05. The molecule has 0 aromatic heterocycles. The fraction of sp³-hybridized carbons (Fsp3) is 0.222. The number of aliphatic hydroxyl groups is 1. The summed E-state index contributed by atoms with van der Waals surface area (Å²) in [5.41, 5.74) is 5.58. The van der Waals surface area contributed by atoms with E-state index < -0.39 is 17.4 Å². The Bertz CT molecular complexity index is 769. The number of nitrogens with zero attached hydrogens (tertiary/aromatic N) is 2. The zero-order chi connectivity index (χ0) is 16.4. The Hall–Kier alpha value is -2.84. The highest BCUT2D eigenvalue weighted by Crippen LogP contribution is 2.40. The van der Waals surface area contributed by atoms with Crippen molar-refractivity contribution < 1.29 is 9.90 Å². The van der Waals surface area contributed by atoms with E-state index in [9.17, 15) is 15.2 Å². The van der Waals surface area contributed by atoms with Gasteiger partial charge >= 0.3 is 0 Å². The molecule has 0 saturated carbocycles. The van der Waals surface area contributed by atoms with E-state index in [1.165, 1.54) is 4.90 Å². The van der Waals surface area contributed by atoms with E-state index >= 15 is 0 Å². The number of carbonyl (C=O) groups excluding carboxylic acids is 1. The van der Waals surface area contributed by atoms with Crippen molar-refractivity contribution in [2.24, 2.45) is 5.92 Å². The molecule has 1 heterocycles. The maximum Gasteiger partial charge on any atom is 0.261 e. The van der Waals surface area contributed by atoms with Crippen molar-refractivity contribution in [2.45, 2.75) is 12.1 Å². The number of nitriles is 1. The van der Waals surface area contributed by atoms with Gasteiger partial charge in [0.15, 0.2) is 5.60 Å². The number of hydrogen-bond donors (Lipinski definition) is 2. The smallest absolute Gasteiger partial charge is 0.261 e. The summed E-state index contributed by atoms with van der Waals surface area (Å²) in [6.45, 7) is 0.530. The molecule has 2 aromatic carbocycles. The summed E-state index contributed by atoms with van der Waals surface area (Å²) in [7, 11) is 0. The van der Waals surface area contributed by atoms with Gasteiger partial charge in [0, 0.05) is 24.3 Å². The van der Waals surface area contributed by atoms with Crippen molar-refractivity contribution in [2.75, 3.05) is 12.3 Å². The number of amides is 1. The lowest BCUT2D eigenvalue weighted by atomic mass is 9.83. The first kappa shape index (κ1) is 15.1. The number of likely N-dealkylation sites (tertiary alicyclic amines) is 1. The van der Waals surface area contributed by atoms with E-state index in [-0.39, 0.29) is 6.54 Å². The summed E-state index contributed by atoms with van der Waals surface area (Å²) >= 11 is 0. The highest BCUT2D eigenvalue weighted by molar-refractivity contribution is 5.91. The predicted octanol–water partition coefficient (Wildman–Crippen LogP) is 1.64. The van der Waals surface area contributed by atoms with Gasteiger partial charge in [0.25, 0.3) is 5.91 Å². The molecule has 3 N–H and O–H groups in total. The second-order valence-corrected chi connectivity index (χ2v) is 5.71. The lowest BCUT2D eigenvalue weighted by molar-refractivity contribution is -0.145. The van der Waals surface area contributed by atoms with Crippen molar-refractivity contribution in [1.29, 1.82) is 5.26 Å². The Morgan fingerprint density at radius 2 is 1.87 bits per heavy atom. The number of carbonyl (C=O) groups is 1. The molecule has 1 saturated heterocycles. The van der Waals surface area contributed by atoms with Crippen LogP contribution in [0.15, 0.2) is 54.6 Å². The SMILES string of the molecule is N#C[C@H]1CN(Cc2ccccc2)C(=O)[C@@]1(O)c1ccccc1N. The number of nitrogen functional groups attached to an aromatic ring is 1. The van der Waals surface area contributed by atoms with Crippen molar-refractivity contribution in [3.05, 3.63) is 65.7 Å². The number of benzene rings is 2. The molecule has 2 aromatic rings. The minimum absolute atomic E-state index is 0.176. The van der Waals surface area contributed by atoms with Gasteiger partial charge in [0.1, 0.15) is 5.92 Å². The van der Waals surface area contributed by atoms with Gasteiger partial charge in [-0.25, -0.2) is 0 Å². The fourth-order valence-corrected chi connectivity index (χ4v) is 3.05. The van der Waals surface area contributed by atoms with Crippen molar-refractivity contribution >= 4 is 11.6 Å². The van der Waals surface area contributed by atoms with Crippen LogP contribution >= 0.6 is 0 Å². The predicted molar refractivity (Wildman–Crippen MR) is 85.7 cm³/mol. The summed E-state index contributed by atoms with van der Waals surface area (Å²) in [6, 6.07) is 18.2. The van der Waals surface area contributed by atoms with Crippen molar-refractivity contribution in [3.63, 3.8) is 0 Å². The normalized spacial score (nSPS) is 23.7. The summed E-state index contributed by atoms with van der Waals surface area (Å²) in [5, 5.41) is 20.5. The number of rotatable bonds is 3. The molecule has 5 nitrogen and oxygen atoms in total. The van der Waals surface area contributed by atoms with E-state index in [0.717, 1.165) is 5.56 Å². The van der Waals surface area contributed by atoms with Crippen LogP contribution < -0.4 is 5.73 Å². The quantitative estimate of drug-likeness (QED) is 0.843. The molecule has 2 atom stereocenters. The third kappa shape index (κ3) is 2.43. The Morgan fingerprint density at radius 3 is 2.52 bits per heavy atom. The lowest BCUT2D eigenvalue weighted by Crippen LogP contribution is -2.40. The van der Waals surface area contributed by atoms with Crippen molar-refractivity contribution in [1.82, 2.24) is 4.90 Å². The summed E-state index contributed by atoms with van der Waals surface area (Å²) in [4.78, 5) is 14.3. The van der Waals surface area contributed by atoms with Crippen LogP contribution in [0.2, 0.25) is 0 Å². The molecule has 0 spiro atoms. The van der Waals surface area contributed by atoms with E-state index in [4.69, 9.17) is 5.73 Å². The molecule has 23 heavy (non-hydrogen) atoms. The number of nitrogens with two attached hydrogens (primary N) is 1. The lowest BCUT2D eigenvalue weighted by Gasteiger charge is -2.25. The van der Waals surface area contributed by atoms with Crippen LogP contribution in [0.1, 0.15) is 11.1 Å². The van der Waals surface area contributed by atoms with Crippen LogP contribution in [-0.2, 0) is 16.9 Å². The van der Waals surface area contributed by atoms with Crippen LogP contribution in [0.5, 0.6) is 0 Å². The van der Waals surface area contributed by atoms with Crippen LogP contribution in [0, 0.1) is 17.2 Å². The Labute approximate surface area is 134 Å². The number of anilines is 1. The molecule has 0 bridgehead atoms. The third-order valence-corrected chi connectivity index (χ3v) is 4.26.